The molecule has 1 atom stereocenters. The molecular formula is C14H23F3N4S. The van der Waals surface area contributed by atoms with Crippen molar-refractivity contribution >= 4 is 16.5 Å². The quantitative estimate of drug-likeness (QED) is 0.866. The van der Waals surface area contributed by atoms with Crippen LogP contribution < -0.4 is 5.32 Å². The third-order valence-corrected chi connectivity index (χ3v) is 4.87. The summed E-state index contributed by atoms with van der Waals surface area (Å²) in [6, 6.07) is 0. The fraction of sp³-hybridized carbons (Fsp3) is 0.786. The Morgan fingerprint density at radius 3 is 2.45 bits per heavy atom. The molecule has 1 aromatic heterocycles. The number of piperazine rings is 1. The summed E-state index contributed by atoms with van der Waals surface area (Å²) in [6.45, 7) is 11.3. The molecule has 22 heavy (non-hydrogen) atoms. The molecule has 126 valence electrons. The second-order valence-corrected chi connectivity index (χ2v) is 6.78. The maximum atomic E-state index is 12.5. The highest BCUT2D eigenvalue weighted by atomic mass is 32.1. The third kappa shape index (κ3) is 5.10. The lowest BCUT2D eigenvalue weighted by molar-refractivity contribution is -0.134. The lowest BCUT2D eigenvalue weighted by atomic mass is 10.1. The average Bonchev–Trinajstić information content (AvgIpc) is 2.95. The second kappa shape index (κ2) is 7.61. The smallest absolute Gasteiger partial charge is 0.361 e. The molecular weight excluding hydrogens is 313 g/mol. The summed E-state index contributed by atoms with van der Waals surface area (Å²) in [7, 11) is 0. The van der Waals surface area contributed by atoms with Crippen molar-refractivity contribution in [2.75, 3.05) is 51.1 Å². The van der Waals surface area contributed by atoms with Crippen LogP contribution in [0.4, 0.5) is 18.3 Å². The van der Waals surface area contributed by atoms with E-state index in [0.717, 1.165) is 45.5 Å². The zero-order chi connectivity index (χ0) is 16.2. The number of halogens is 3. The Morgan fingerprint density at radius 2 is 1.91 bits per heavy atom. The van der Waals surface area contributed by atoms with Crippen LogP contribution in [0.1, 0.15) is 18.7 Å². The molecule has 2 heterocycles. The lowest BCUT2D eigenvalue weighted by Gasteiger charge is -2.35. The van der Waals surface area contributed by atoms with Crippen molar-refractivity contribution in [3.8, 4) is 0 Å². The van der Waals surface area contributed by atoms with Gasteiger partial charge in [-0.05, 0) is 12.5 Å². The molecule has 0 aromatic carbocycles. The summed E-state index contributed by atoms with van der Waals surface area (Å²) < 4.78 is 37.5. The van der Waals surface area contributed by atoms with E-state index in [9.17, 15) is 13.2 Å². The van der Waals surface area contributed by atoms with E-state index in [1.54, 1.807) is 0 Å². The number of anilines is 1. The van der Waals surface area contributed by atoms with E-state index in [1.165, 1.54) is 0 Å². The van der Waals surface area contributed by atoms with Crippen molar-refractivity contribution in [1.82, 2.24) is 14.8 Å². The number of nitrogens with one attached hydrogen (secondary N) is 1. The molecule has 0 saturated carbocycles. The highest BCUT2D eigenvalue weighted by molar-refractivity contribution is 7.15. The van der Waals surface area contributed by atoms with E-state index in [0.29, 0.717) is 28.9 Å². The van der Waals surface area contributed by atoms with Crippen molar-refractivity contribution in [1.29, 1.82) is 0 Å². The van der Waals surface area contributed by atoms with E-state index in [-0.39, 0.29) is 0 Å². The Kier molecular flexibility index (Phi) is 6.05. The topological polar surface area (TPSA) is 31.4 Å². The number of hydrogen-bond acceptors (Lipinski definition) is 5. The molecule has 0 bridgehead atoms. The van der Waals surface area contributed by atoms with Crippen LogP contribution in [0.5, 0.6) is 0 Å². The molecule has 0 radical (unpaired) electrons. The third-order valence-electron chi connectivity index (χ3n) is 3.87. The van der Waals surface area contributed by atoms with E-state index < -0.39 is 11.1 Å². The summed E-state index contributed by atoms with van der Waals surface area (Å²) in [5, 5.41) is 3.36. The van der Waals surface area contributed by atoms with Gasteiger partial charge in [0.25, 0.3) is 0 Å². The van der Waals surface area contributed by atoms with Gasteiger partial charge < -0.3 is 15.1 Å². The molecule has 4 nitrogen and oxygen atoms in total. The number of alkyl halides is 3. The van der Waals surface area contributed by atoms with Crippen molar-refractivity contribution in [3.05, 3.63) is 11.1 Å². The van der Waals surface area contributed by atoms with Gasteiger partial charge in [0.2, 0.25) is 0 Å². The van der Waals surface area contributed by atoms with E-state index >= 15 is 0 Å². The first-order valence-corrected chi connectivity index (χ1v) is 8.41. The fourth-order valence-electron chi connectivity index (χ4n) is 2.54. The van der Waals surface area contributed by atoms with Gasteiger partial charge in [-0.1, -0.05) is 25.2 Å². The van der Waals surface area contributed by atoms with Crippen molar-refractivity contribution in [2.45, 2.75) is 20.0 Å². The van der Waals surface area contributed by atoms with Crippen molar-refractivity contribution < 1.29 is 13.2 Å². The molecule has 1 N–H and O–H groups in total. The van der Waals surface area contributed by atoms with Crippen LogP contribution in [0, 0.1) is 5.92 Å². The molecule has 1 unspecified atom stereocenters. The highest BCUT2D eigenvalue weighted by Gasteiger charge is 2.33. The predicted octanol–water partition coefficient (Wildman–Crippen LogP) is 2.85. The zero-order valence-electron chi connectivity index (χ0n) is 13.0. The minimum atomic E-state index is -4.30. The minimum absolute atomic E-state index is 0.343. The number of thiazole rings is 1. The largest absolute Gasteiger partial charge is 0.427 e. The highest BCUT2D eigenvalue weighted by Crippen LogP contribution is 2.34. The van der Waals surface area contributed by atoms with Gasteiger partial charge in [-0.2, -0.15) is 13.2 Å². The van der Waals surface area contributed by atoms with E-state index in [1.807, 2.05) is 0 Å². The molecule has 1 fully saturated rings. The van der Waals surface area contributed by atoms with E-state index in [2.05, 4.69) is 33.9 Å². The summed E-state index contributed by atoms with van der Waals surface area (Å²) in [6.07, 6.45) is -3.41. The summed E-state index contributed by atoms with van der Waals surface area (Å²) in [5.41, 5.74) is 0. The van der Waals surface area contributed by atoms with Crippen LogP contribution >= 0.6 is 11.3 Å². The van der Waals surface area contributed by atoms with Crippen LogP contribution in [0.3, 0.4) is 0 Å². The van der Waals surface area contributed by atoms with Gasteiger partial charge in [-0.3, -0.25) is 0 Å². The van der Waals surface area contributed by atoms with Gasteiger partial charge in [0.05, 0.1) is 6.20 Å². The number of nitrogens with zero attached hydrogens (tertiary/aromatic N) is 3. The average molecular weight is 336 g/mol. The van der Waals surface area contributed by atoms with Gasteiger partial charge in [0.15, 0.2) is 5.13 Å². The normalized spacial score (nSPS) is 19.3. The first-order valence-electron chi connectivity index (χ1n) is 7.60. The molecule has 1 saturated heterocycles. The second-order valence-electron chi connectivity index (χ2n) is 5.75. The Bertz CT molecular complexity index is 455. The van der Waals surface area contributed by atoms with Crippen LogP contribution in [-0.2, 0) is 6.18 Å². The number of rotatable bonds is 6. The van der Waals surface area contributed by atoms with Gasteiger partial charge in [0, 0.05) is 39.3 Å². The number of hydrogen-bond donors (Lipinski definition) is 1. The van der Waals surface area contributed by atoms with Crippen LogP contribution in [0.2, 0.25) is 0 Å². The minimum Gasteiger partial charge on any atom is -0.361 e. The Hall–Kier alpha value is -0.860. The maximum absolute atomic E-state index is 12.5. The van der Waals surface area contributed by atoms with Crippen LogP contribution in [-0.4, -0.2) is 60.6 Å². The summed E-state index contributed by atoms with van der Waals surface area (Å²) >= 11 is 0.664. The number of likely N-dealkylation sites (N-methyl/N-ethyl adjacent to an activating group) is 1. The van der Waals surface area contributed by atoms with Gasteiger partial charge in [-0.15, -0.1) is 0 Å². The van der Waals surface area contributed by atoms with Gasteiger partial charge in [-0.25, -0.2) is 4.98 Å². The SMILES string of the molecule is CCN1CCN(CC(C)CNc2ncc(C(F)(F)F)s2)CC1. The lowest BCUT2D eigenvalue weighted by Crippen LogP contribution is -2.47. The summed E-state index contributed by atoms with van der Waals surface area (Å²) in [5.74, 6) is 0.367. The monoisotopic (exact) mass is 336 g/mol. The molecule has 1 aromatic rings. The van der Waals surface area contributed by atoms with Gasteiger partial charge in [0.1, 0.15) is 4.88 Å². The molecule has 8 heteroatoms. The molecule has 0 aliphatic carbocycles. The molecule has 2 rings (SSSR count). The molecule has 1 aliphatic rings. The Morgan fingerprint density at radius 1 is 1.27 bits per heavy atom. The van der Waals surface area contributed by atoms with Crippen LogP contribution in [0.15, 0.2) is 6.20 Å². The first-order chi connectivity index (χ1) is 10.4. The van der Waals surface area contributed by atoms with Crippen molar-refractivity contribution in [2.24, 2.45) is 5.92 Å². The molecule has 1 aliphatic heterocycles. The molecule has 0 amide bonds. The zero-order valence-corrected chi connectivity index (χ0v) is 13.8. The Balaban J connectivity index is 1.72. The van der Waals surface area contributed by atoms with E-state index in [4.69, 9.17) is 0 Å². The number of aromatic nitrogens is 1. The molecule has 0 spiro atoms. The van der Waals surface area contributed by atoms with Crippen LogP contribution in [0.25, 0.3) is 0 Å². The fourth-order valence-corrected chi connectivity index (χ4v) is 3.23. The summed E-state index contributed by atoms with van der Waals surface area (Å²) in [4.78, 5) is 7.98. The standard InChI is InChI=1S/C14H23F3N4S/c1-3-20-4-6-21(7-5-20)10-11(2)8-18-13-19-9-12(22-13)14(15,16)17/h9,11H,3-8,10H2,1-2H3,(H,18,19). The van der Waals surface area contributed by atoms with Crippen molar-refractivity contribution in [3.63, 3.8) is 0 Å². The first kappa shape index (κ1) is 17.5. The Labute approximate surface area is 133 Å². The maximum Gasteiger partial charge on any atom is 0.427 e. The predicted molar refractivity (Wildman–Crippen MR) is 83.3 cm³/mol. The van der Waals surface area contributed by atoms with Gasteiger partial charge >= 0.3 is 6.18 Å².